The topological polar surface area (TPSA) is 98.0 Å². The van der Waals surface area contributed by atoms with Crippen LogP contribution < -0.4 is 14.8 Å². The predicted octanol–water partition coefficient (Wildman–Crippen LogP) is 2.61. The summed E-state index contributed by atoms with van der Waals surface area (Å²) < 4.78 is 51.4. The molecule has 0 bridgehead atoms. The van der Waals surface area contributed by atoms with E-state index in [4.69, 9.17) is 14.3 Å². The molecule has 0 fully saturated rings. The number of para-hydroxylation sites is 2. The highest BCUT2D eigenvalue weighted by molar-refractivity contribution is 5.84. The summed E-state index contributed by atoms with van der Waals surface area (Å²) in [6.07, 6.45) is -4.50. The molecule has 10 heteroatoms. The van der Waals surface area contributed by atoms with Crippen LogP contribution in [0.3, 0.4) is 0 Å². The molecule has 0 spiro atoms. The number of carbonyl (C=O) groups is 2. The first-order valence-electron chi connectivity index (χ1n) is 7.24. The lowest BCUT2D eigenvalue weighted by Gasteiger charge is -2.13. The molecule has 1 aromatic carbocycles. The van der Waals surface area contributed by atoms with E-state index in [1.54, 1.807) is 0 Å². The van der Waals surface area contributed by atoms with Crippen LogP contribution >= 0.6 is 0 Å². The number of amides is 1. The zero-order valence-electron chi connectivity index (χ0n) is 13.2. The molecule has 0 radical (unpaired) electrons. The largest absolute Gasteiger partial charge is 0.480 e. The first-order chi connectivity index (χ1) is 12.2. The number of rotatable bonds is 8. The number of aromatic carboxylic acids is 1. The van der Waals surface area contributed by atoms with E-state index >= 15 is 0 Å². The summed E-state index contributed by atoms with van der Waals surface area (Å²) in [5, 5.41) is 11.1. The number of nitrogens with one attached hydrogen (secondary N) is 1. The van der Waals surface area contributed by atoms with E-state index in [-0.39, 0.29) is 29.6 Å². The number of carboxylic acid groups (broad SMARTS) is 1. The van der Waals surface area contributed by atoms with Gasteiger partial charge in [0.25, 0.3) is 5.91 Å². The van der Waals surface area contributed by atoms with E-state index in [9.17, 15) is 22.8 Å². The Balaban J connectivity index is 1.84. The molecule has 0 unspecified atom stereocenters. The number of benzene rings is 1. The van der Waals surface area contributed by atoms with Gasteiger partial charge in [0.05, 0.1) is 6.54 Å². The molecular weight excluding hydrogens is 359 g/mol. The SMILES string of the molecule is O=C(COc1ccccc1OCC(F)(F)F)NCc1ccc(C(=O)O)o1. The van der Waals surface area contributed by atoms with Crippen molar-refractivity contribution in [2.24, 2.45) is 0 Å². The van der Waals surface area contributed by atoms with Gasteiger partial charge in [0, 0.05) is 0 Å². The Hall–Kier alpha value is -3.17. The van der Waals surface area contributed by atoms with Crippen LogP contribution in [0.5, 0.6) is 11.5 Å². The van der Waals surface area contributed by atoms with E-state index in [1.165, 1.54) is 36.4 Å². The molecule has 2 N–H and O–H groups in total. The van der Waals surface area contributed by atoms with Crippen LogP contribution in [0.25, 0.3) is 0 Å². The number of ether oxygens (including phenoxy) is 2. The molecule has 0 aliphatic rings. The van der Waals surface area contributed by atoms with Crippen molar-refractivity contribution in [2.75, 3.05) is 13.2 Å². The Labute approximate surface area is 145 Å². The van der Waals surface area contributed by atoms with Crippen molar-refractivity contribution in [3.63, 3.8) is 0 Å². The fraction of sp³-hybridized carbons (Fsp3) is 0.250. The quantitative estimate of drug-likeness (QED) is 0.738. The summed E-state index contributed by atoms with van der Waals surface area (Å²) in [4.78, 5) is 22.4. The van der Waals surface area contributed by atoms with Crippen LogP contribution in [0.4, 0.5) is 13.2 Å². The smallest absolute Gasteiger partial charge is 0.422 e. The van der Waals surface area contributed by atoms with Crippen LogP contribution in [0.1, 0.15) is 16.3 Å². The van der Waals surface area contributed by atoms with E-state index in [2.05, 4.69) is 10.1 Å². The summed E-state index contributed by atoms with van der Waals surface area (Å²) >= 11 is 0. The predicted molar refractivity (Wildman–Crippen MR) is 81.0 cm³/mol. The van der Waals surface area contributed by atoms with Crippen molar-refractivity contribution in [3.8, 4) is 11.5 Å². The first kappa shape index (κ1) is 19.2. The second kappa shape index (κ2) is 8.28. The Morgan fingerprint density at radius 1 is 1.08 bits per heavy atom. The minimum atomic E-state index is -4.50. The standard InChI is InChI=1S/C16H14F3NO6/c17-16(18,19)9-25-12-4-2-1-3-11(12)24-8-14(21)20-7-10-5-6-13(26-10)15(22)23/h1-6H,7-9H2,(H,20,21)(H,22,23). The molecule has 0 saturated heterocycles. The third-order valence-electron chi connectivity index (χ3n) is 2.93. The monoisotopic (exact) mass is 373 g/mol. The number of halogens is 3. The van der Waals surface area contributed by atoms with Crippen LogP contribution in [-0.4, -0.2) is 36.4 Å². The van der Waals surface area contributed by atoms with Gasteiger partial charge in [0.2, 0.25) is 5.76 Å². The fourth-order valence-electron chi connectivity index (χ4n) is 1.82. The molecule has 0 aliphatic carbocycles. The molecule has 2 aromatic rings. The average Bonchev–Trinajstić information content (AvgIpc) is 3.05. The van der Waals surface area contributed by atoms with E-state index in [0.29, 0.717) is 0 Å². The van der Waals surface area contributed by atoms with E-state index in [0.717, 1.165) is 0 Å². The molecule has 0 atom stereocenters. The number of alkyl halides is 3. The molecule has 140 valence electrons. The number of furan rings is 1. The van der Waals surface area contributed by atoms with Crippen molar-refractivity contribution in [1.29, 1.82) is 0 Å². The average molecular weight is 373 g/mol. The van der Waals surface area contributed by atoms with Crippen molar-refractivity contribution < 1.29 is 41.8 Å². The van der Waals surface area contributed by atoms with Crippen molar-refractivity contribution in [2.45, 2.75) is 12.7 Å². The van der Waals surface area contributed by atoms with Gasteiger partial charge >= 0.3 is 12.1 Å². The van der Waals surface area contributed by atoms with Crippen LogP contribution in [0, 0.1) is 0 Å². The zero-order valence-corrected chi connectivity index (χ0v) is 13.2. The Morgan fingerprint density at radius 2 is 1.73 bits per heavy atom. The summed E-state index contributed by atoms with van der Waals surface area (Å²) in [7, 11) is 0. The normalized spacial score (nSPS) is 11.0. The maximum atomic E-state index is 12.2. The Kier molecular flexibility index (Phi) is 6.10. The van der Waals surface area contributed by atoms with Crippen molar-refractivity contribution in [3.05, 3.63) is 47.9 Å². The number of hydrogen-bond donors (Lipinski definition) is 2. The van der Waals surface area contributed by atoms with Gasteiger partial charge < -0.3 is 24.3 Å². The molecule has 2 rings (SSSR count). The second-order valence-corrected chi connectivity index (χ2v) is 4.99. The van der Waals surface area contributed by atoms with Crippen LogP contribution in [0.15, 0.2) is 40.8 Å². The molecule has 1 amide bonds. The maximum absolute atomic E-state index is 12.2. The highest BCUT2D eigenvalue weighted by Gasteiger charge is 2.29. The minimum absolute atomic E-state index is 0.0157. The highest BCUT2D eigenvalue weighted by Crippen LogP contribution is 2.28. The maximum Gasteiger partial charge on any atom is 0.422 e. The summed E-state index contributed by atoms with van der Waals surface area (Å²) in [5.41, 5.74) is 0. The molecular formula is C16H14F3NO6. The number of carboxylic acids is 1. The highest BCUT2D eigenvalue weighted by atomic mass is 19.4. The molecule has 26 heavy (non-hydrogen) atoms. The number of hydrogen-bond acceptors (Lipinski definition) is 5. The molecule has 7 nitrogen and oxygen atoms in total. The molecule has 0 aliphatic heterocycles. The lowest BCUT2D eigenvalue weighted by atomic mass is 10.3. The number of carbonyl (C=O) groups excluding carboxylic acids is 1. The molecule has 1 heterocycles. The minimum Gasteiger partial charge on any atom is -0.480 e. The lowest BCUT2D eigenvalue weighted by Crippen LogP contribution is -2.28. The van der Waals surface area contributed by atoms with Gasteiger partial charge in [-0.15, -0.1) is 0 Å². The van der Waals surface area contributed by atoms with Crippen molar-refractivity contribution >= 4 is 11.9 Å². The zero-order chi connectivity index (χ0) is 19.2. The summed E-state index contributed by atoms with van der Waals surface area (Å²) in [6, 6.07) is 8.28. The third-order valence-corrected chi connectivity index (χ3v) is 2.93. The molecule has 1 aromatic heterocycles. The summed E-state index contributed by atoms with van der Waals surface area (Å²) in [5.74, 6) is -2.01. The fourth-order valence-corrected chi connectivity index (χ4v) is 1.82. The van der Waals surface area contributed by atoms with Gasteiger partial charge in [-0.3, -0.25) is 4.79 Å². The van der Waals surface area contributed by atoms with Crippen molar-refractivity contribution in [1.82, 2.24) is 5.32 Å². The van der Waals surface area contributed by atoms with Gasteiger partial charge in [-0.2, -0.15) is 13.2 Å². The van der Waals surface area contributed by atoms with Crippen LogP contribution in [0.2, 0.25) is 0 Å². The lowest BCUT2D eigenvalue weighted by molar-refractivity contribution is -0.153. The second-order valence-electron chi connectivity index (χ2n) is 4.99. The van der Waals surface area contributed by atoms with E-state index < -0.39 is 31.3 Å². The Bertz CT molecular complexity index is 771. The molecule has 0 saturated carbocycles. The Morgan fingerprint density at radius 3 is 2.31 bits per heavy atom. The van der Waals surface area contributed by atoms with Crippen LogP contribution in [-0.2, 0) is 11.3 Å². The van der Waals surface area contributed by atoms with Gasteiger partial charge in [-0.05, 0) is 24.3 Å². The van der Waals surface area contributed by atoms with Gasteiger partial charge in [-0.1, -0.05) is 12.1 Å². The van der Waals surface area contributed by atoms with Gasteiger partial charge in [-0.25, -0.2) is 4.79 Å². The van der Waals surface area contributed by atoms with E-state index in [1.807, 2.05) is 0 Å². The summed E-state index contributed by atoms with van der Waals surface area (Å²) in [6.45, 7) is -2.02. The van der Waals surface area contributed by atoms with Gasteiger partial charge in [0.1, 0.15) is 5.76 Å². The van der Waals surface area contributed by atoms with Gasteiger partial charge in [0.15, 0.2) is 24.7 Å². The first-order valence-corrected chi connectivity index (χ1v) is 7.24. The third kappa shape index (κ3) is 6.04.